The standard InChI is InChI=1S/C16H24N2OSi/c1-20(2,3)19-16(13-17)10-7-11-18(14-16)12-15-8-5-4-6-9-15/h4-6,8-9H,7,10-12,14H2,1-3H3. The van der Waals surface area contributed by atoms with E-state index in [2.05, 4.69) is 54.9 Å². The van der Waals surface area contributed by atoms with E-state index in [-0.39, 0.29) is 0 Å². The first-order valence-electron chi connectivity index (χ1n) is 7.30. The third-order valence-corrected chi connectivity index (χ3v) is 4.49. The molecule has 0 N–H and O–H groups in total. The molecule has 0 bridgehead atoms. The monoisotopic (exact) mass is 288 g/mol. The molecule has 1 aromatic rings. The predicted molar refractivity (Wildman–Crippen MR) is 83.7 cm³/mol. The average molecular weight is 288 g/mol. The fourth-order valence-corrected chi connectivity index (χ4v) is 4.25. The van der Waals surface area contributed by atoms with Crippen molar-refractivity contribution in [1.29, 1.82) is 5.26 Å². The molecule has 1 heterocycles. The molecule has 2 rings (SSSR count). The van der Waals surface area contributed by atoms with Crippen LogP contribution in [-0.2, 0) is 11.0 Å². The number of rotatable bonds is 4. The number of benzene rings is 1. The molecule has 4 heteroatoms. The summed E-state index contributed by atoms with van der Waals surface area (Å²) in [5.74, 6) is 0. The minimum atomic E-state index is -1.71. The van der Waals surface area contributed by atoms with Gasteiger partial charge >= 0.3 is 0 Å². The molecule has 0 saturated carbocycles. The Labute approximate surface area is 123 Å². The van der Waals surface area contributed by atoms with E-state index in [0.717, 1.165) is 32.5 Å². The normalized spacial score (nSPS) is 24.3. The smallest absolute Gasteiger partial charge is 0.185 e. The second-order valence-electron chi connectivity index (χ2n) is 6.62. The van der Waals surface area contributed by atoms with Gasteiger partial charge in [-0.05, 0) is 44.6 Å². The van der Waals surface area contributed by atoms with Crippen molar-refractivity contribution in [3.05, 3.63) is 35.9 Å². The third-order valence-electron chi connectivity index (χ3n) is 3.49. The Morgan fingerprint density at radius 3 is 2.60 bits per heavy atom. The Morgan fingerprint density at radius 2 is 2.00 bits per heavy atom. The molecule has 0 aliphatic carbocycles. The second kappa shape index (κ2) is 6.09. The van der Waals surface area contributed by atoms with Crippen LogP contribution in [0.2, 0.25) is 19.6 Å². The van der Waals surface area contributed by atoms with Gasteiger partial charge in [-0.15, -0.1) is 0 Å². The minimum absolute atomic E-state index is 0.600. The van der Waals surface area contributed by atoms with Crippen molar-refractivity contribution in [3.8, 4) is 6.07 Å². The molecule has 1 unspecified atom stereocenters. The zero-order chi connectivity index (χ0) is 14.6. The molecule has 0 radical (unpaired) electrons. The molecular formula is C16H24N2OSi. The Kier molecular flexibility index (Phi) is 4.64. The lowest BCUT2D eigenvalue weighted by atomic mass is 9.94. The van der Waals surface area contributed by atoms with Crippen LogP contribution in [0.1, 0.15) is 18.4 Å². The number of nitrogens with zero attached hydrogens (tertiary/aromatic N) is 2. The van der Waals surface area contributed by atoms with Crippen LogP contribution in [0.3, 0.4) is 0 Å². The molecule has 0 spiro atoms. The first-order valence-corrected chi connectivity index (χ1v) is 10.7. The van der Waals surface area contributed by atoms with Crippen molar-refractivity contribution < 1.29 is 4.43 Å². The van der Waals surface area contributed by atoms with Gasteiger partial charge in [0.25, 0.3) is 0 Å². The van der Waals surface area contributed by atoms with E-state index in [4.69, 9.17) is 4.43 Å². The van der Waals surface area contributed by atoms with Gasteiger partial charge in [-0.25, -0.2) is 0 Å². The quantitative estimate of drug-likeness (QED) is 0.797. The van der Waals surface area contributed by atoms with E-state index in [1.165, 1.54) is 5.56 Å². The fourth-order valence-electron chi connectivity index (χ4n) is 2.87. The van der Waals surface area contributed by atoms with Crippen LogP contribution in [0.5, 0.6) is 0 Å². The van der Waals surface area contributed by atoms with Gasteiger partial charge in [0.15, 0.2) is 13.9 Å². The zero-order valence-electron chi connectivity index (χ0n) is 12.7. The van der Waals surface area contributed by atoms with Gasteiger partial charge in [0.1, 0.15) is 0 Å². The first kappa shape index (κ1) is 15.2. The van der Waals surface area contributed by atoms with Crippen LogP contribution in [0, 0.1) is 11.3 Å². The maximum Gasteiger partial charge on any atom is 0.185 e. The molecule has 0 aromatic heterocycles. The van der Waals surface area contributed by atoms with Gasteiger partial charge in [-0.2, -0.15) is 5.26 Å². The maximum atomic E-state index is 9.61. The van der Waals surface area contributed by atoms with Gasteiger partial charge in [0.05, 0.1) is 6.07 Å². The molecule has 1 atom stereocenters. The summed E-state index contributed by atoms with van der Waals surface area (Å²) >= 11 is 0. The number of piperidine rings is 1. The lowest BCUT2D eigenvalue weighted by molar-refractivity contribution is 0.0257. The van der Waals surface area contributed by atoms with Crippen LogP contribution < -0.4 is 0 Å². The summed E-state index contributed by atoms with van der Waals surface area (Å²) in [6, 6.07) is 12.9. The van der Waals surface area contributed by atoms with E-state index < -0.39 is 13.9 Å². The third kappa shape index (κ3) is 4.17. The van der Waals surface area contributed by atoms with Crippen molar-refractivity contribution >= 4 is 8.32 Å². The molecule has 108 valence electrons. The molecule has 1 saturated heterocycles. The lowest BCUT2D eigenvalue weighted by Gasteiger charge is -2.41. The van der Waals surface area contributed by atoms with E-state index in [1.807, 2.05) is 6.07 Å². The van der Waals surface area contributed by atoms with E-state index in [9.17, 15) is 5.26 Å². The van der Waals surface area contributed by atoms with Crippen molar-refractivity contribution in [2.75, 3.05) is 13.1 Å². The highest BCUT2D eigenvalue weighted by molar-refractivity contribution is 6.69. The highest BCUT2D eigenvalue weighted by Crippen LogP contribution is 2.29. The molecule has 1 fully saturated rings. The number of hydrogen-bond acceptors (Lipinski definition) is 3. The van der Waals surface area contributed by atoms with Crippen LogP contribution in [0.25, 0.3) is 0 Å². The summed E-state index contributed by atoms with van der Waals surface area (Å²) in [5.41, 5.74) is 0.701. The van der Waals surface area contributed by atoms with Crippen LogP contribution in [0.4, 0.5) is 0 Å². The SMILES string of the molecule is C[Si](C)(C)OC1(C#N)CCCN(Cc2ccccc2)C1. The van der Waals surface area contributed by atoms with E-state index in [0.29, 0.717) is 0 Å². The minimum Gasteiger partial charge on any atom is -0.399 e. The highest BCUT2D eigenvalue weighted by atomic mass is 28.4. The van der Waals surface area contributed by atoms with Gasteiger partial charge in [0, 0.05) is 13.1 Å². The van der Waals surface area contributed by atoms with E-state index >= 15 is 0 Å². The van der Waals surface area contributed by atoms with Gasteiger partial charge in [0.2, 0.25) is 0 Å². The van der Waals surface area contributed by atoms with Gasteiger partial charge < -0.3 is 4.43 Å². The van der Waals surface area contributed by atoms with Gasteiger partial charge in [-0.3, -0.25) is 4.90 Å². The van der Waals surface area contributed by atoms with Crippen molar-refractivity contribution in [3.63, 3.8) is 0 Å². The summed E-state index contributed by atoms with van der Waals surface area (Å²) in [6.45, 7) is 9.14. The molecular weight excluding hydrogens is 264 g/mol. The van der Waals surface area contributed by atoms with Crippen LogP contribution in [0.15, 0.2) is 30.3 Å². The summed E-state index contributed by atoms with van der Waals surface area (Å²) in [4.78, 5) is 2.35. The molecule has 20 heavy (non-hydrogen) atoms. The summed E-state index contributed by atoms with van der Waals surface area (Å²) in [6.07, 6.45) is 1.89. The largest absolute Gasteiger partial charge is 0.399 e. The highest BCUT2D eigenvalue weighted by Gasteiger charge is 2.40. The molecule has 0 amide bonds. The topological polar surface area (TPSA) is 36.3 Å². The summed E-state index contributed by atoms with van der Waals surface area (Å²) < 4.78 is 6.22. The van der Waals surface area contributed by atoms with Gasteiger partial charge in [-0.1, -0.05) is 30.3 Å². The van der Waals surface area contributed by atoms with Crippen molar-refractivity contribution in [2.24, 2.45) is 0 Å². The van der Waals surface area contributed by atoms with Crippen LogP contribution in [-0.4, -0.2) is 31.9 Å². The Morgan fingerprint density at radius 1 is 1.30 bits per heavy atom. The number of nitriles is 1. The lowest BCUT2D eigenvalue weighted by Crippen LogP contribution is -2.52. The average Bonchev–Trinajstić information content (AvgIpc) is 2.38. The number of hydrogen-bond donors (Lipinski definition) is 0. The maximum absolute atomic E-state index is 9.61. The first-order chi connectivity index (χ1) is 9.42. The molecule has 3 nitrogen and oxygen atoms in total. The molecule has 1 aliphatic heterocycles. The number of likely N-dealkylation sites (tertiary alicyclic amines) is 1. The van der Waals surface area contributed by atoms with Crippen molar-refractivity contribution in [2.45, 2.75) is 44.6 Å². The second-order valence-corrected chi connectivity index (χ2v) is 11.0. The Bertz CT molecular complexity index is 477. The fraction of sp³-hybridized carbons (Fsp3) is 0.562. The summed E-state index contributed by atoms with van der Waals surface area (Å²) in [7, 11) is -1.71. The zero-order valence-corrected chi connectivity index (χ0v) is 13.7. The van der Waals surface area contributed by atoms with Crippen LogP contribution >= 0.6 is 0 Å². The Balaban J connectivity index is 2.05. The molecule has 1 aromatic carbocycles. The van der Waals surface area contributed by atoms with Crippen molar-refractivity contribution in [1.82, 2.24) is 4.90 Å². The van der Waals surface area contributed by atoms with E-state index in [1.54, 1.807) is 0 Å². The molecule has 1 aliphatic rings. The Hall–Kier alpha value is -1.15. The summed E-state index contributed by atoms with van der Waals surface area (Å²) in [5, 5.41) is 9.61. The predicted octanol–water partition coefficient (Wildman–Crippen LogP) is 3.40.